The van der Waals surface area contributed by atoms with Gasteiger partial charge < -0.3 is 10.6 Å². The van der Waals surface area contributed by atoms with E-state index >= 15 is 0 Å². The molecule has 0 aliphatic rings. The molecule has 0 saturated carbocycles. The molecule has 2 N–H and O–H groups in total. The first-order valence-corrected chi connectivity index (χ1v) is 4.49. The van der Waals surface area contributed by atoms with Crippen LogP contribution in [0.4, 0.5) is 5.82 Å². The van der Waals surface area contributed by atoms with Crippen molar-refractivity contribution >= 4 is 5.82 Å². The molecule has 0 amide bonds. The van der Waals surface area contributed by atoms with Crippen molar-refractivity contribution in [1.29, 1.82) is 0 Å². The highest BCUT2D eigenvalue weighted by Crippen LogP contribution is 2.16. The maximum absolute atomic E-state index is 5.93. The predicted molar refractivity (Wildman–Crippen MR) is 54.4 cm³/mol. The van der Waals surface area contributed by atoms with Crippen molar-refractivity contribution in [2.45, 2.75) is 26.4 Å². The molecule has 0 aliphatic heterocycles. The molecule has 1 heterocycles. The zero-order chi connectivity index (χ0) is 10.0. The summed E-state index contributed by atoms with van der Waals surface area (Å²) >= 11 is 0. The molecular formula is C9H18N4. The lowest BCUT2D eigenvalue weighted by Crippen LogP contribution is -2.13. The van der Waals surface area contributed by atoms with Gasteiger partial charge >= 0.3 is 0 Å². The largest absolute Gasteiger partial charge is 0.384 e. The molecule has 0 bridgehead atoms. The first-order valence-electron chi connectivity index (χ1n) is 4.49. The van der Waals surface area contributed by atoms with Crippen LogP contribution in [0.3, 0.4) is 0 Å². The molecule has 74 valence electrons. The summed E-state index contributed by atoms with van der Waals surface area (Å²) in [7, 11) is 4.04. The number of hydrogen-bond acceptors (Lipinski definition) is 3. The van der Waals surface area contributed by atoms with E-state index in [9.17, 15) is 0 Å². The van der Waals surface area contributed by atoms with Crippen LogP contribution in [-0.4, -0.2) is 28.8 Å². The first kappa shape index (κ1) is 10.1. The fraction of sp³-hybridized carbons (Fsp3) is 0.667. The lowest BCUT2D eigenvalue weighted by Gasteiger charge is -2.10. The maximum atomic E-state index is 5.93. The summed E-state index contributed by atoms with van der Waals surface area (Å²) in [5.41, 5.74) is 7.02. The van der Waals surface area contributed by atoms with E-state index in [2.05, 4.69) is 23.8 Å². The highest BCUT2D eigenvalue weighted by molar-refractivity contribution is 5.38. The first-order chi connectivity index (χ1) is 6.02. The fourth-order valence-corrected chi connectivity index (χ4v) is 1.28. The van der Waals surface area contributed by atoms with E-state index in [-0.39, 0.29) is 0 Å². The average Bonchev–Trinajstić information content (AvgIpc) is 2.32. The number of hydrogen-bond donors (Lipinski definition) is 1. The minimum atomic E-state index is 0.330. The molecule has 13 heavy (non-hydrogen) atoms. The van der Waals surface area contributed by atoms with Gasteiger partial charge in [-0.3, -0.25) is 0 Å². The third-order valence-corrected chi connectivity index (χ3v) is 1.89. The summed E-state index contributed by atoms with van der Waals surface area (Å²) in [4.78, 5) is 2.08. The monoisotopic (exact) mass is 182 g/mol. The Bertz CT molecular complexity index is 275. The molecule has 0 fully saturated rings. The van der Waals surface area contributed by atoms with Crippen molar-refractivity contribution in [2.24, 2.45) is 0 Å². The van der Waals surface area contributed by atoms with Crippen molar-refractivity contribution in [3.05, 3.63) is 11.8 Å². The van der Waals surface area contributed by atoms with Crippen LogP contribution in [0, 0.1) is 0 Å². The molecule has 0 atom stereocenters. The van der Waals surface area contributed by atoms with E-state index in [0.717, 1.165) is 17.9 Å². The fourth-order valence-electron chi connectivity index (χ4n) is 1.28. The van der Waals surface area contributed by atoms with Gasteiger partial charge in [0.05, 0.1) is 6.20 Å². The lowest BCUT2D eigenvalue weighted by atomic mass is 10.3. The SMILES string of the molecule is CC(C)n1ncc(CN(C)C)c1N. The number of rotatable bonds is 3. The smallest absolute Gasteiger partial charge is 0.126 e. The minimum absolute atomic E-state index is 0.330. The minimum Gasteiger partial charge on any atom is -0.384 e. The number of aromatic nitrogens is 2. The van der Waals surface area contributed by atoms with Crippen molar-refractivity contribution in [1.82, 2.24) is 14.7 Å². The Labute approximate surface area is 79.3 Å². The second-order valence-corrected chi connectivity index (χ2v) is 3.83. The van der Waals surface area contributed by atoms with Crippen LogP contribution in [-0.2, 0) is 6.54 Å². The van der Waals surface area contributed by atoms with Crippen LogP contribution in [0.2, 0.25) is 0 Å². The summed E-state index contributed by atoms with van der Waals surface area (Å²) in [6.07, 6.45) is 1.84. The Morgan fingerprint density at radius 1 is 1.54 bits per heavy atom. The molecule has 1 aromatic rings. The second-order valence-electron chi connectivity index (χ2n) is 3.83. The Hall–Kier alpha value is -1.03. The molecule has 4 heteroatoms. The zero-order valence-corrected chi connectivity index (χ0v) is 8.78. The van der Waals surface area contributed by atoms with Crippen LogP contribution in [0.5, 0.6) is 0 Å². The van der Waals surface area contributed by atoms with E-state index < -0.39 is 0 Å². The number of nitrogens with two attached hydrogens (primary N) is 1. The van der Waals surface area contributed by atoms with Crippen LogP contribution in [0.1, 0.15) is 25.5 Å². The lowest BCUT2D eigenvalue weighted by molar-refractivity contribution is 0.403. The predicted octanol–water partition coefficient (Wildman–Crippen LogP) is 1.11. The second kappa shape index (κ2) is 3.79. The third-order valence-electron chi connectivity index (χ3n) is 1.89. The van der Waals surface area contributed by atoms with Gasteiger partial charge in [-0.2, -0.15) is 5.10 Å². The molecule has 0 aromatic carbocycles. The molecule has 0 aliphatic carbocycles. The Morgan fingerprint density at radius 3 is 2.54 bits per heavy atom. The summed E-state index contributed by atoms with van der Waals surface area (Å²) in [5.74, 6) is 0.781. The van der Waals surface area contributed by atoms with Gasteiger partial charge in [0, 0.05) is 18.2 Å². The summed E-state index contributed by atoms with van der Waals surface area (Å²) in [6.45, 7) is 4.99. The van der Waals surface area contributed by atoms with Gasteiger partial charge in [-0.15, -0.1) is 0 Å². The van der Waals surface area contributed by atoms with E-state index in [4.69, 9.17) is 5.73 Å². The van der Waals surface area contributed by atoms with Crippen LogP contribution >= 0.6 is 0 Å². The van der Waals surface area contributed by atoms with Crippen LogP contribution in [0.15, 0.2) is 6.20 Å². The van der Waals surface area contributed by atoms with Crippen LogP contribution in [0.25, 0.3) is 0 Å². The normalized spacial score (nSPS) is 11.5. The van der Waals surface area contributed by atoms with Gasteiger partial charge in [0.25, 0.3) is 0 Å². The van der Waals surface area contributed by atoms with Crippen molar-refractivity contribution in [3.63, 3.8) is 0 Å². The Morgan fingerprint density at radius 2 is 2.15 bits per heavy atom. The summed E-state index contributed by atoms with van der Waals surface area (Å²) in [5, 5.41) is 4.23. The molecule has 0 unspecified atom stereocenters. The zero-order valence-electron chi connectivity index (χ0n) is 8.78. The number of nitrogens with zero attached hydrogens (tertiary/aromatic N) is 3. The standard InChI is InChI=1S/C9H18N4/c1-7(2)13-9(10)8(5-11-13)6-12(3)4/h5,7H,6,10H2,1-4H3. The maximum Gasteiger partial charge on any atom is 0.126 e. The van der Waals surface area contributed by atoms with Crippen molar-refractivity contribution in [3.8, 4) is 0 Å². The summed E-state index contributed by atoms with van der Waals surface area (Å²) in [6, 6.07) is 0.330. The molecule has 0 saturated heterocycles. The summed E-state index contributed by atoms with van der Waals surface area (Å²) < 4.78 is 1.85. The topological polar surface area (TPSA) is 47.1 Å². The highest BCUT2D eigenvalue weighted by atomic mass is 15.3. The third kappa shape index (κ3) is 2.21. The van der Waals surface area contributed by atoms with Crippen molar-refractivity contribution in [2.75, 3.05) is 19.8 Å². The molecular weight excluding hydrogens is 164 g/mol. The number of anilines is 1. The van der Waals surface area contributed by atoms with Crippen molar-refractivity contribution < 1.29 is 0 Å². The number of nitrogen functional groups attached to an aromatic ring is 1. The van der Waals surface area contributed by atoms with E-state index in [1.54, 1.807) is 0 Å². The highest BCUT2D eigenvalue weighted by Gasteiger charge is 2.09. The van der Waals surface area contributed by atoms with Gasteiger partial charge in [-0.1, -0.05) is 0 Å². The Balaban J connectivity index is 2.86. The van der Waals surface area contributed by atoms with Crippen LogP contribution < -0.4 is 5.73 Å². The van der Waals surface area contributed by atoms with Gasteiger partial charge in [-0.25, -0.2) is 4.68 Å². The molecule has 0 spiro atoms. The Kier molecular flexibility index (Phi) is 2.93. The molecule has 4 nitrogen and oxygen atoms in total. The van der Waals surface area contributed by atoms with Gasteiger partial charge in [-0.05, 0) is 27.9 Å². The van der Waals surface area contributed by atoms with E-state index in [1.165, 1.54) is 0 Å². The quantitative estimate of drug-likeness (QED) is 0.761. The molecule has 1 rings (SSSR count). The van der Waals surface area contributed by atoms with Gasteiger partial charge in [0.15, 0.2) is 0 Å². The van der Waals surface area contributed by atoms with E-state index in [0.29, 0.717) is 6.04 Å². The average molecular weight is 182 g/mol. The van der Waals surface area contributed by atoms with E-state index in [1.807, 2.05) is 25.0 Å². The molecule has 1 aromatic heterocycles. The van der Waals surface area contributed by atoms with Gasteiger partial charge in [0.1, 0.15) is 5.82 Å². The van der Waals surface area contributed by atoms with Gasteiger partial charge in [0.2, 0.25) is 0 Å². The molecule has 0 radical (unpaired) electrons.